The molecule has 4 heterocycles. The van der Waals surface area contributed by atoms with E-state index in [4.69, 9.17) is 9.84 Å². The number of carbonyl (C=O) groups is 3. The van der Waals surface area contributed by atoms with Gasteiger partial charge in [0, 0.05) is 39.3 Å². The predicted octanol–water partition coefficient (Wildman–Crippen LogP) is 0.955. The smallest absolute Gasteiger partial charge is 0.249 e. The Kier molecular flexibility index (Phi) is 5.96. The zero-order valence-electron chi connectivity index (χ0n) is 19.5. The van der Waals surface area contributed by atoms with Crippen molar-refractivity contribution in [3.63, 3.8) is 0 Å². The first-order chi connectivity index (χ1) is 15.2. The normalized spacial score (nSPS) is 36.5. The number of nitrogens with zero attached hydrogens (tertiary/aromatic N) is 3. The minimum absolute atomic E-state index is 0.0252. The van der Waals surface area contributed by atoms with E-state index in [1.807, 2.05) is 45.1 Å². The molecule has 8 nitrogen and oxygen atoms in total. The number of amides is 3. The van der Waals surface area contributed by atoms with Crippen LogP contribution in [0.5, 0.6) is 0 Å². The lowest BCUT2D eigenvalue weighted by Crippen LogP contribution is -2.57. The minimum atomic E-state index is -1.17. The summed E-state index contributed by atoms with van der Waals surface area (Å²) in [5.41, 5.74) is -2.13. The molecule has 0 radical (unpaired) electrons. The van der Waals surface area contributed by atoms with Crippen LogP contribution in [0.2, 0.25) is 0 Å². The summed E-state index contributed by atoms with van der Waals surface area (Å²) in [6.45, 7) is 7.20. The fourth-order valence-electron chi connectivity index (χ4n) is 5.94. The Morgan fingerprint density at radius 1 is 1.03 bits per heavy atom. The van der Waals surface area contributed by atoms with Crippen LogP contribution in [0, 0.1) is 11.8 Å². The second-order valence-corrected chi connectivity index (χ2v) is 9.92. The van der Waals surface area contributed by atoms with Crippen molar-refractivity contribution in [2.75, 3.05) is 33.3 Å². The van der Waals surface area contributed by atoms with E-state index in [-0.39, 0.29) is 30.4 Å². The van der Waals surface area contributed by atoms with Gasteiger partial charge in [-0.05, 0) is 40.0 Å². The summed E-state index contributed by atoms with van der Waals surface area (Å²) in [4.78, 5) is 46.2. The third-order valence-corrected chi connectivity index (χ3v) is 7.47. The van der Waals surface area contributed by atoms with Gasteiger partial charge < -0.3 is 24.5 Å². The lowest BCUT2D eigenvalue weighted by Gasteiger charge is -2.38. The van der Waals surface area contributed by atoms with Gasteiger partial charge in [-0.2, -0.15) is 0 Å². The average molecular weight is 446 g/mol. The van der Waals surface area contributed by atoms with Crippen molar-refractivity contribution in [1.29, 1.82) is 0 Å². The minimum Gasteiger partial charge on any atom is -0.396 e. The molecule has 3 amide bonds. The summed E-state index contributed by atoms with van der Waals surface area (Å²) in [7, 11) is 1.74. The standard InChI is InChI=1S/C24H35N3O5/c1-16(2)26-14-9-11-24-18(17-20(29)25(4)12-8-10-23(17,3)32-24)21(30)27(19(24)22(26)31)13-6-5-7-15-28/h8-11,16-19,28H,5-7,12-15H2,1-4H3/t17-,18-,19?,23+,24-/m0/s1. The number of unbranched alkanes of at least 4 members (excludes halogenated alkanes) is 2. The maximum atomic E-state index is 13.9. The second-order valence-electron chi connectivity index (χ2n) is 9.92. The highest BCUT2D eigenvalue weighted by molar-refractivity contribution is 6.00. The maximum absolute atomic E-state index is 13.9. The molecule has 0 aromatic carbocycles. The first-order valence-electron chi connectivity index (χ1n) is 11.7. The quantitative estimate of drug-likeness (QED) is 0.486. The van der Waals surface area contributed by atoms with Gasteiger partial charge in [0.2, 0.25) is 17.7 Å². The topological polar surface area (TPSA) is 90.4 Å². The van der Waals surface area contributed by atoms with Crippen LogP contribution >= 0.6 is 0 Å². The van der Waals surface area contributed by atoms with Gasteiger partial charge in [-0.3, -0.25) is 14.4 Å². The molecule has 0 bridgehead atoms. The lowest BCUT2D eigenvalue weighted by atomic mass is 9.74. The van der Waals surface area contributed by atoms with Crippen molar-refractivity contribution in [2.24, 2.45) is 11.8 Å². The number of aliphatic hydroxyl groups excluding tert-OH is 1. The van der Waals surface area contributed by atoms with Crippen LogP contribution in [-0.4, -0.2) is 94.1 Å². The average Bonchev–Trinajstić information content (AvgIpc) is 3.00. The molecule has 5 atom stereocenters. The number of rotatable bonds is 6. The Bertz CT molecular complexity index is 855. The zero-order chi connectivity index (χ0) is 23.3. The number of ether oxygens (including phenoxy) is 1. The van der Waals surface area contributed by atoms with Gasteiger partial charge in [0.25, 0.3) is 0 Å². The van der Waals surface area contributed by atoms with E-state index in [1.165, 1.54) is 0 Å². The molecule has 8 heteroatoms. The molecular formula is C24H35N3O5. The van der Waals surface area contributed by atoms with Crippen LogP contribution in [0.25, 0.3) is 0 Å². The van der Waals surface area contributed by atoms with Crippen molar-refractivity contribution < 1.29 is 24.2 Å². The van der Waals surface area contributed by atoms with Gasteiger partial charge in [-0.25, -0.2) is 0 Å². The van der Waals surface area contributed by atoms with E-state index >= 15 is 0 Å². The highest BCUT2D eigenvalue weighted by Crippen LogP contribution is 2.57. The van der Waals surface area contributed by atoms with Crippen molar-refractivity contribution in [2.45, 2.75) is 63.3 Å². The van der Waals surface area contributed by atoms with E-state index in [2.05, 4.69) is 0 Å². The SMILES string of the molecule is CC(C)N1CC=C[C@]23O[C@]4(C)C=CCN(C)C(=O)[C@@H]4[C@H]2C(=O)N(CCCCCO)C3C1=O. The summed E-state index contributed by atoms with van der Waals surface area (Å²) in [6, 6.07) is -0.826. The number of hydrogen-bond acceptors (Lipinski definition) is 5. The molecule has 0 aromatic heterocycles. The van der Waals surface area contributed by atoms with Crippen LogP contribution in [0.15, 0.2) is 24.3 Å². The number of likely N-dealkylation sites (N-methyl/N-ethyl adjacent to an activating group) is 1. The molecule has 1 spiro atoms. The Hall–Kier alpha value is -2.19. The third kappa shape index (κ3) is 3.30. The molecule has 32 heavy (non-hydrogen) atoms. The van der Waals surface area contributed by atoms with Crippen LogP contribution in [0.4, 0.5) is 0 Å². The highest BCUT2D eigenvalue weighted by atomic mass is 16.5. The lowest BCUT2D eigenvalue weighted by molar-refractivity contribution is -0.153. The van der Waals surface area contributed by atoms with Gasteiger partial charge in [0.15, 0.2) is 0 Å². The van der Waals surface area contributed by atoms with E-state index in [0.717, 1.165) is 6.42 Å². The molecule has 4 aliphatic heterocycles. The van der Waals surface area contributed by atoms with Gasteiger partial charge in [-0.1, -0.05) is 24.3 Å². The monoisotopic (exact) mass is 445 g/mol. The first kappa shape index (κ1) is 23.0. The van der Waals surface area contributed by atoms with E-state index < -0.39 is 29.1 Å². The van der Waals surface area contributed by atoms with Crippen LogP contribution in [0.1, 0.15) is 40.0 Å². The fraction of sp³-hybridized carbons (Fsp3) is 0.708. The van der Waals surface area contributed by atoms with Crippen molar-refractivity contribution in [3.05, 3.63) is 24.3 Å². The third-order valence-electron chi connectivity index (χ3n) is 7.47. The van der Waals surface area contributed by atoms with Crippen molar-refractivity contribution >= 4 is 17.7 Å². The number of carbonyl (C=O) groups excluding carboxylic acids is 3. The molecule has 0 aromatic rings. The molecular weight excluding hydrogens is 410 g/mol. The molecule has 4 aliphatic rings. The Morgan fingerprint density at radius 2 is 1.75 bits per heavy atom. The summed E-state index contributed by atoms with van der Waals surface area (Å²) in [5, 5.41) is 9.12. The van der Waals surface area contributed by atoms with E-state index in [9.17, 15) is 14.4 Å². The second kappa shape index (κ2) is 8.30. The number of aliphatic hydroxyl groups is 1. The number of likely N-dealkylation sites (tertiary alicyclic amines) is 1. The first-order valence-corrected chi connectivity index (χ1v) is 11.7. The summed E-state index contributed by atoms with van der Waals surface area (Å²) >= 11 is 0. The number of fused-ring (bicyclic) bond motifs is 2. The van der Waals surface area contributed by atoms with Gasteiger partial charge >= 0.3 is 0 Å². The molecule has 2 saturated heterocycles. The molecule has 176 valence electrons. The molecule has 4 rings (SSSR count). The van der Waals surface area contributed by atoms with Crippen molar-refractivity contribution in [3.8, 4) is 0 Å². The van der Waals surface area contributed by atoms with E-state index in [1.54, 1.807) is 21.7 Å². The predicted molar refractivity (Wildman–Crippen MR) is 118 cm³/mol. The maximum Gasteiger partial charge on any atom is 0.249 e. The Labute approximate surface area is 189 Å². The van der Waals surface area contributed by atoms with Crippen LogP contribution in [0.3, 0.4) is 0 Å². The zero-order valence-corrected chi connectivity index (χ0v) is 19.5. The fourth-order valence-corrected chi connectivity index (χ4v) is 5.94. The molecule has 1 unspecified atom stereocenters. The molecule has 0 saturated carbocycles. The Balaban J connectivity index is 1.80. The highest BCUT2D eigenvalue weighted by Gasteiger charge is 2.74. The van der Waals surface area contributed by atoms with Gasteiger partial charge in [0.1, 0.15) is 11.6 Å². The molecule has 2 fully saturated rings. The number of hydrogen-bond donors (Lipinski definition) is 1. The van der Waals surface area contributed by atoms with Gasteiger partial charge in [-0.15, -0.1) is 0 Å². The van der Waals surface area contributed by atoms with Crippen molar-refractivity contribution in [1.82, 2.24) is 14.7 Å². The van der Waals surface area contributed by atoms with Crippen LogP contribution < -0.4 is 0 Å². The van der Waals surface area contributed by atoms with Crippen LogP contribution in [-0.2, 0) is 19.1 Å². The summed E-state index contributed by atoms with van der Waals surface area (Å²) < 4.78 is 6.70. The van der Waals surface area contributed by atoms with E-state index in [0.29, 0.717) is 32.5 Å². The summed E-state index contributed by atoms with van der Waals surface area (Å²) in [6.07, 6.45) is 9.69. The summed E-state index contributed by atoms with van der Waals surface area (Å²) in [5.74, 6) is -1.88. The Morgan fingerprint density at radius 3 is 2.44 bits per heavy atom. The largest absolute Gasteiger partial charge is 0.396 e. The molecule has 1 N–H and O–H groups in total. The molecule has 0 aliphatic carbocycles. The van der Waals surface area contributed by atoms with Gasteiger partial charge in [0.05, 0.1) is 17.4 Å².